The lowest BCUT2D eigenvalue weighted by molar-refractivity contribution is -0.145. The van der Waals surface area contributed by atoms with Crippen LogP contribution in [0.15, 0.2) is 0 Å². The van der Waals surface area contributed by atoms with Gasteiger partial charge >= 0.3 is 5.97 Å². The van der Waals surface area contributed by atoms with Crippen LogP contribution in [0.5, 0.6) is 0 Å². The number of aliphatic hydroxyl groups is 1. The van der Waals surface area contributed by atoms with Crippen LogP contribution in [0.4, 0.5) is 0 Å². The van der Waals surface area contributed by atoms with E-state index in [1.165, 1.54) is 4.90 Å². The van der Waals surface area contributed by atoms with E-state index in [1.807, 2.05) is 13.8 Å². The highest BCUT2D eigenvalue weighted by Gasteiger charge is 2.37. The van der Waals surface area contributed by atoms with E-state index in [9.17, 15) is 14.4 Å². The van der Waals surface area contributed by atoms with Gasteiger partial charge in [-0.1, -0.05) is 13.8 Å². The maximum absolute atomic E-state index is 12.2. The summed E-state index contributed by atoms with van der Waals surface area (Å²) in [7, 11) is 0. The summed E-state index contributed by atoms with van der Waals surface area (Å²) in [5.74, 6) is -2.25. The number of hydrogen-bond acceptors (Lipinski definition) is 5. The molecule has 0 bridgehead atoms. The Kier molecular flexibility index (Phi) is 6.10. The van der Waals surface area contributed by atoms with Crippen LogP contribution in [-0.4, -0.2) is 64.2 Å². The van der Waals surface area contributed by atoms with Gasteiger partial charge in [-0.15, -0.1) is 0 Å². The number of hydrogen-bond donors (Lipinski definition) is 4. The maximum Gasteiger partial charge on any atom is 0.328 e. The van der Waals surface area contributed by atoms with E-state index in [4.69, 9.17) is 15.9 Å². The van der Waals surface area contributed by atoms with E-state index in [1.54, 1.807) is 0 Å². The minimum Gasteiger partial charge on any atom is -0.480 e. The van der Waals surface area contributed by atoms with Crippen LogP contribution in [0.3, 0.4) is 0 Å². The highest BCUT2D eigenvalue weighted by atomic mass is 16.4. The van der Waals surface area contributed by atoms with Crippen LogP contribution < -0.4 is 11.1 Å². The normalized spacial score (nSPS) is 21.2. The molecule has 3 atom stereocenters. The van der Waals surface area contributed by atoms with Gasteiger partial charge in [0.2, 0.25) is 11.8 Å². The molecule has 120 valence electrons. The second kappa shape index (κ2) is 7.37. The zero-order valence-electron chi connectivity index (χ0n) is 12.3. The average molecular weight is 301 g/mol. The largest absolute Gasteiger partial charge is 0.480 e. The predicted octanol–water partition coefficient (Wildman–Crippen LogP) is -1.48. The van der Waals surface area contributed by atoms with Crippen molar-refractivity contribution in [1.82, 2.24) is 10.2 Å². The van der Waals surface area contributed by atoms with E-state index in [0.29, 0.717) is 19.4 Å². The fourth-order valence-corrected chi connectivity index (χ4v) is 2.23. The molecule has 0 aromatic carbocycles. The number of nitrogens with zero attached hydrogens (tertiary/aromatic N) is 1. The number of likely N-dealkylation sites (tertiary alicyclic amines) is 1. The van der Waals surface area contributed by atoms with E-state index in [-0.39, 0.29) is 11.8 Å². The minimum absolute atomic E-state index is 0.0500. The molecule has 0 aromatic heterocycles. The Morgan fingerprint density at radius 2 is 2.00 bits per heavy atom. The summed E-state index contributed by atoms with van der Waals surface area (Å²) in [6, 6.07) is -2.78. The molecule has 1 rings (SSSR count). The third-order valence-corrected chi connectivity index (χ3v) is 3.64. The molecule has 8 heteroatoms. The molecular weight excluding hydrogens is 278 g/mol. The van der Waals surface area contributed by atoms with Crippen molar-refractivity contribution in [2.24, 2.45) is 11.7 Å². The van der Waals surface area contributed by atoms with Gasteiger partial charge in [-0.2, -0.15) is 0 Å². The van der Waals surface area contributed by atoms with Crippen molar-refractivity contribution >= 4 is 17.8 Å². The Morgan fingerprint density at radius 3 is 2.48 bits per heavy atom. The van der Waals surface area contributed by atoms with Gasteiger partial charge in [-0.3, -0.25) is 9.59 Å². The van der Waals surface area contributed by atoms with Gasteiger partial charge in [0.1, 0.15) is 12.1 Å². The summed E-state index contributed by atoms with van der Waals surface area (Å²) < 4.78 is 0. The third kappa shape index (κ3) is 4.15. The highest BCUT2D eigenvalue weighted by molar-refractivity contribution is 5.92. The second-order valence-corrected chi connectivity index (χ2v) is 5.54. The van der Waals surface area contributed by atoms with Gasteiger partial charge in [-0.05, 0) is 18.8 Å². The monoisotopic (exact) mass is 301 g/mol. The van der Waals surface area contributed by atoms with Crippen LogP contribution in [0.2, 0.25) is 0 Å². The van der Waals surface area contributed by atoms with Crippen LogP contribution in [0, 0.1) is 5.92 Å². The molecule has 0 aromatic rings. The number of carbonyl (C=O) groups is 3. The Hall–Kier alpha value is -1.67. The number of carboxylic acids is 1. The van der Waals surface area contributed by atoms with Gasteiger partial charge in [-0.25, -0.2) is 4.79 Å². The lowest BCUT2D eigenvalue weighted by Crippen LogP contribution is -2.55. The Balaban J connectivity index is 2.75. The summed E-state index contributed by atoms with van der Waals surface area (Å²) in [6.45, 7) is 3.36. The first-order chi connectivity index (χ1) is 9.79. The van der Waals surface area contributed by atoms with Crippen LogP contribution in [0.1, 0.15) is 26.7 Å². The number of rotatable bonds is 6. The Bertz CT molecular complexity index is 413. The Morgan fingerprint density at radius 1 is 1.38 bits per heavy atom. The van der Waals surface area contributed by atoms with E-state index in [0.717, 1.165) is 0 Å². The van der Waals surface area contributed by atoms with Gasteiger partial charge < -0.3 is 26.2 Å². The van der Waals surface area contributed by atoms with E-state index in [2.05, 4.69) is 5.32 Å². The standard InChI is InChI=1S/C13H23N3O5/c1-7(2)10(14)12(19)16-5-3-4-9(16)11(18)15-8(6-17)13(20)21/h7-10,17H,3-6,14H2,1-2H3,(H,15,18)(H,20,21)/t8-,9-,10-/m0/s1. The van der Waals surface area contributed by atoms with E-state index >= 15 is 0 Å². The number of aliphatic carboxylic acids is 1. The van der Waals surface area contributed by atoms with Gasteiger partial charge in [0.05, 0.1) is 12.6 Å². The molecule has 2 amide bonds. The van der Waals surface area contributed by atoms with Crippen molar-refractivity contribution in [2.75, 3.05) is 13.2 Å². The van der Waals surface area contributed by atoms with Crippen LogP contribution in [0.25, 0.3) is 0 Å². The number of nitrogens with one attached hydrogen (secondary N) is 1. The van der Waals surface area contributed by atoms with Gasteiger partial charge in [0.15, 0.2) is 0 Å². The lowest BCUT2D eigenvalue weighted by atomic mass is 10.0. The fourth-order valence-electron chi connectivity index (χ4n) is 2.23. The predicted molar refractivity (Wildman–Crippen MR) is 74.2 cm³/mol. The zero-order valence-corrected chi connectivity index (χ0v) is 12.3. The molecule has 1 saturated heterocycles. The van der Waals surface area contributed by atoms with Crippen molar-refractivity contribution in [3.05, 3.63) is 0 Å². The molecule has 0 spiro atoms. The second-order valence-electron chi connectivity index (χ2n) is 5.54. The molecule has 21 heavy (non-hydrogen) atoms. The molecule has 1 aliphatic rings. The summed E-state index contributed by atoms with van der Waals surface area (Å²) in [4.78, 5) is 36.6. The van der Waals surface area contributed by atoms with Crippen molar-refractivity contribution in [3.8, 4) is 0 Å². The van der Waals surface area contributed by atoms with Crippen molar-refractivity contribution in [3.63, 3.8) is 0 Å². The number of aliphatic hydroxyl groups excluding tert-OH is 1. The first-order valence-corrected chi connectivity index (χ1v) is 6.99. The molecule has 0 saturated carbocycles. The molecule has 0 aliphatic carbocycles. The topological polar surface area (TPSA) is 133 Å². The highest BCUT2D eigenvalue weighted by Crippen LogP contribution is 2.19. The first kappa shape index (κ1) is 17.4. The summed E-state index contributed by atoms with van der Waals surface area (Å²) in [6.07, 6.45) is 1.12. The van der Waals surface area contributed by atoms with Crippen LogP contribution in [-0.2, 0) is 14.4 Å². The zero-order chi connectivity index (χ0) is 16.2. The minimum atomic E-state index is -1.37. The maximum atomic E-state index is 12.2. The van der Waals surface area contributed by atoms with Crippen molar-refractivity contribution < 1.29 is 24.6 Å². The lowest BCUT2D eigenvalue weighted by Gasteiger charge is -2.28. The molecule has 0 radical (unpaired) electrons. The molecule has 0 unspecified atom stereocenters. The van der Waals surface area contributed by atoms with Crippen molar-refractivity contribution in [1.29, 1.82) is 0 Å². The molecule has 8 nitrogen and oxygen atoms in total. The smallest absolute Gasteiger partial charge is 0.328 e. The van der Waals surface area contributed by atoms with Crippen LogP contribution >= 0.6 is 0 Å². The molecule has 5 N–H and O–H groups in total. The molecule has 1 aliphatic heterocycles. The third-order valence-electron chi connectivity index (χ3n) is 3.64. The quantitative estimate of drug-likeness (QED) is 0.473. The molecular formula is C13H23N3O5. The van der Waals surface area contributed by atoms with E-state index < -0.39 is 36.6 Å². The van der Waals surface area contributed by atoms with Gasteiger partial charge in [0.25, 0.3) is 0 Å². The fraction of sp³-hybridized carbons (Fsp3) is 0.769. The SMILES string of the molecule is CC(C)[C@H](N)C(=O)N1CCC[C@H]1C(=O)N[C@@H](CO)C(=O)O. The number of nitrogens with two attached hydrogens (primary N) is 1. The summed E-state index contributed by atoms with van der Waals surface area (Å²) in [5, 5.41) is 20.0. The summed E-state index contributed by atoms with van der Waals surface area (Å²) in [5.41, 5.74) is 5.82. The number of amides is 2. The molecule has 1 heterocycles. The Labute approximate surface area is 123 Å². The number of carboxylic acid groups (broad SMARTS) is 1. The van der Waals surface area contributed by atoms with Crippen molar-refractivity contribution in [2.45, 2.75) is 44.8 Å². The summed E-state index contributed by atoms with van der Waals surface area (Å²) >= 11 is 0. The van der Waals surface area contributed by atoms with Gasteiger partial charge in [0, 0.05) is 6.54 Å². The first-order valence-electron chi connectivity index (χ1n) is 6.99. The number of carbonyl (C=O) groups excluding carboxylic acids is 2. The average Bonchev–Trinajstić information content (AvgIpc) is 2.91. The molecule has 1 fully saturated rings.